The lowest BCUT2D eigenvalue weighted by Crippen LogP contribution is -2.17. The fourth-order valence-electron chi connectivity index (χ4n) is 2.21. The molecule has 0 bridgehead atoms. The molecule has 0 aliphatic rings. The summed E-state index contributed by atoms with van der Waals surface area (Å²) >= 11 is 3.60. The smallest absolute Gasteiger partial charge is 0.141 e. The molecule has 2 aromatic rings. The molecule has 1 N–H and O–H groups in total. The Hall–Kier alpha value is -1.32. The molecule has 0 aliphatic carbocycles. The molecule has 0 amide bonds. The minimum absolute atomic E-state index is 0.337. The van der Waals surface area contributed by atoms with Gasteiger partial charge in [-0.1, -0.05) is 32.0 Å². The maximum Gasteiger partial charge on any atom is 0.141 e. The van der Waals surface area contributed by atoms with Gasteiger partial charge in [-0.3, -0.25) is 0 Å². The molecule has 0 aliphatic heterocycles. The van der Waals surface area contributed by atoms with Gasteiger partial charge in [0.05, 0.1) is 4.47 Å². The number of rotatable bonds is 6. The minimum atomic E-state index is 0.337. The number of nitrogens with one attached hydrogen (secondary N) is 1. The van der Waals surface area contributed by atoms with E-state index >= 15 is 0 Å². The molecule has 3 heteroatoms. The number of ether oxygens (including phenoxy) is 1. The van der Waals surface area contributed by atoms with Crippen LogP contribution in [0.25, 0.3) is 0 Å². The Kier molecular flexibility index (Phi) is 5.83. The normalized spacial score (nSPS) is 12.2. The summed E-state index contributed by atoms with van der Waals surface area (Å²) in [6, 6.07) is 14.8. The summed E-state index contributed by atoms with van der Waals surface area (Å²) in [4.78, 5) is 0. The third kappa shape index (κ3) is 4.32. The van der Waals surface area contributed by atoms with E-state index in [0.717, 1.165) is 28.9 Å². The van der Waals surface area contributed by atoms with Crippen molar-refractivity contribution in [1.82, 2.24) is 5.32 Å². The standard InChI is InChI=1S/C18H22BrNO/c1-4-14-6-9-16(10-7-14)21-18-11-8-15(12-17(18)19)13(3)20-5-2/h6-13,20H,4-5H2,1-3H3. The second-order valence-electron chi connectivity index (χ2n) is 5.07. The zero-order valence-electron chi connectivity index (χ0n) is 12.8. The van der Waals surface area contributed by atoms with Crippen LogP contribution in [-0.2, 0) is 6.42 Å². The maximum absolute atomic E-state index is 5.94. The molecule has 112 valence electrons. The van der Waals surface area contributed by atoms with Gasteiger partial charge in [-0.05, 0) is 71.2 Å². The first-order valence-corrected chi connectivity index (χ1v) is 8.23. The predicted octanol–water partition coefficient (Wildman–Crippen LogP) is 5.47. The largest absolute Gasteiger partial charge is 0.456 e. The highest BCUT2D eigenvalue weighted by Crippen LogP contribution is 2.32. The molecule has 0 aromatic heterocycles. The fourth-order valence-corrected chi connectivity index (χ4v) is 2.69. The first kappa shape index (κ1) is 16.1. The summed E-state index contributed by atoms with van der Waals surface area (Å²) in [5.74, 6) is 1.70. The van der Waals surface area contributed by atoms with E-state index in [1.807, 2.05) is 18.2 Å². The van der Waals surface area contributed by atoms with Crippen LogP contribution in [0, 0.1) is 0 Å². The van der Waals surface area contributed by atoms with Crippen LogP contribution < -0.4 is 10.1 Å². The lowest BCUT2D eigenvalue weighted by molar-refractivity contribution is 0.478. The summed E-state index contributed by atoms with van der Waals surface area (Å²) < 4.78 is 6.91. The maximum atomic E-state index is 5.94. The van der Waals surface area contributed by atoms with E-state index in [9.17, 15) is 0 Å². The Morgan fingerprint density at radius 1 is 1.10 bits per heavy atom. The van der Waals surface area contributed by atoms with Crippen LogP contribution in [0.4, 0.5) is 0 Å². The van der Waals surface area contributed by atoms with Gasteiger partial charge < -0.3 is 10.1 Å². The Bertz CT molecular complexity index is 580. The van der Waals surface area contributed by atoms with Gasteiger partial charge in [-0.25, -0.2) is 0 Å². The van der Waals surface area contributed by atoms with E-state index < -0.39 is 0 Å². The van der Waals surface area contributed by atoms with E-state index in [1.165, 1.54) is 11.1 Å². The molecule has 0 spiro atoms. The lowest BCUT2D eigenvalue weighted by atomic mass is 10.1. The molecule has 21 heavy (non-hydrogen) atoms. The second-order valence-corrected chi connectivity index (χ2v) is 5.92. The van der Waals surface area contributed by atoms with Crippen molar-refractivity contribution in [2.75, 3.05) is 6.54 Å². The van der Waals surface area contributed by atoms with E-state index in [0.29, 0.717) is 6.04 Å². The highest BCUT2D eigenvalue weighted by Gasteiger charge is 2.08. The van der Waals surface area contributed by atoms with Crippen molar-refractivity contribution in [2.24, 2.45) is 0 Å². The Morgan fingerprint density at radius 3 is 2.38 bits per heavy atom. The zero-order valence-corrected chi connectivity index (χ0v) is 14.4. The first-order chi connectivity index (χ1) is 10.1. The molecule has 2 nitrogen and oxygen atoms in total. The SMILES string of the molecule is CCNC(C)c1ccc(Oc2ccc(CC)cc2)c(Br)c1. The number of benzene rings is 2. The number of halogens is 1. The number of hydrogen-bond acceptors (Lipinski definition) is 2. The third-order valence-corrected chi connectivity index (χ3v) is 4.15. The summed E-state index contributed by atoms with van der Waals surface area (Å²) in [6.07, 6.45) is 1.04. The molecule has 2 aromatic carbocycles. The molecular weight excluding hydrogens is 326 g/mol. The van der Waals surface area contributed by atoms with Crippen molar-refractivity contribution in [1.29, 1.82) is 0 Å². The average Bonchev–Trinajstić information content (AvgIpc) is 2.50. The van der Waals surface area contributed by atoms with Gasteiger partial charge in [0.25, 0.3) is 0 Å². The lowest BCUT2D eigenvalue weighted by Gasteiger charge is -2.15. The Labute approximate surface area is 135 Å². The van der Waals surface area contributed by atoms with Gasteiger partial charge in [0.15, 0.2) is 0 Å². The Morgan fingerprint density at radius 2 is 1.81 bits per heavy atom. The summed E-state index contributed by atoms with van der Waals surface area (Å²) in [7, 11) is 0. The molecule has 1 atom stereocenters. The third-order valence-electron chi connectivity index (χ3n) is 3.53. The van der Waals surface area contributed by atoms with Crippen LogP contribution in [0.1, 0.15) is 37.9 Å². The van der Waals surface area contributed by atoms with Gasteiger partial charge in [-0.15, -0.1) is 0 Å². The van der Waals surface area contributed by atoms with Gasteiger partial charge in [0.2, 0.25) is 0 Å². The molecule has 1 unspecified atom stereocenters. The van der Waals surface area contributed by atoms with Gasteiger partial charge in [-0.2, -0.15) is 0 Å². The monoisotopic (exact) mass is 347 g/mol. The first-order valence-electron chi connectivity index (χ1n) is 7.43. The van der Waals surface area contributed by atoms with Crippen LogP contribution in [0.2, 0.25) is 0 Å². The number of hydrogen-bond donors (Lipinski definition) is 1. The van der Waals surface area contributed by atoms with Crippen molar-refractivity contribution < 1.29 is 4.74 Å². The Balaban J connectivity index is 2.13. The highest BCUT2D eigenvalue weighted by atomic mass is 79.9. The van der Waals surface area contributed by atoms with Crippen molar-refractivity contribution in [3.8, 4) is 11.5 Å². The van der Waals surface area contributed by atoms with Gasteiger partial charge in [0.1, 0.15) is 11.5 Å². The molecular formula is C18H22BrNO. The van der Waals surface area contributed by atoms with Crippen molar-refractivity contribution in [3.63, 3.8) is 0 Å². The molecule has 0 fully saturated rings. The van der Waals surface area contributed by atoms with E-state index in [2.05, 4.69) is 66.3 Å². The molecule has 2 rings (SSSR count). The molecule has 0 saturated heterocycles. The van der Waals surface area contributed by atoms with Crippen LogP contribution in [0.15, 0.2) is 46.9 Å². The van der Waals surface area contributed by atoms with E-state index in [1.54, 1.807) is 0 Å². The van der Waals surface area contributed by atoms with E-state index in [4.69, 9.17) is 4.74 Å². The molecule has 0 heterocycles. The van der Waals surface area contributed by atoms with Crippen LogP contribution >= 0.6 is 15.9 Å². The van der Waals surface area contributed by atoms with Gasteiger partial charge in [0, 0.05) is 6.04 Å². The summed E-state index contributed by atoms with van der Waals surface area (Å²) in [5, 5.41) is 3.41. The average molecular weight is 348 g/mol. The minimum Gasteiger partial charge on any atom is -0.456 e. The highest BCUT2D eigenvalue weighted by molar-refractivity contribution is 9.10. The van der Waals surface area contributed by atoms with Crippen molar-refractivity contribution >= 4 is 15.9 Å². The summed E-state index contributed by atoms with van der Waals surface area (Å²) in [5.41, 5.74) is 2.56. The van der Waals surface area contributed by atoms with Crippen molar-refractivity contribution in [3.05, 3.63) is 58.1 Å². The van der Waals surface area contributed by atoms with Crippen LogP contribution in [-0.4, -0.2) is 6.54 Å². The van der Waals surface area contributed by atoms with Crippen molar-refractivity contribution in [2.45, 2.75) is 33.2 Å². The topological polar surface area (TPSA) is 21.3 Å². The van der Waals surface area contributed by atoms with Gasteiger partial charge >= 0.3 is 0 Å². The number of aryl methyl sites for hydroxylation is 1. The van der Waals surface area contributed by atoms with Crippen LogP contribution in [0.3, 0.4) is 0 Å². The zero-order chi connectivity index (χ0) is 15.2. The second kappa shape index (κ2) is 7.62. The predicted molar refractivity (Wildman–Crippen MR) is 92.1 cm³/mol. The summed E-state index contributed by atoms with van der Waals surface area (Å²) in [6.45, 7) is 7.38. The van der Waals surface area contributed by atoms with E-state index in [-0.39, 0.29) is 0 Å². The molecule has 0 radical (unpaired) electrons. The quantitative estimate of drug-likeness (QED) is 0.747. The molecule has 0 saturated carbocycles. The fraction of sp³-hybridized carbons (Fsp3) is 0.333. The van der Waals surface area contributed by atoms with Crippen LogP contribution in [0.5, 0.6) is 11.5 Å².